The first kappa shape index (κ1) is 38.1. The Kier molecular flexibility index (Phi) is 10.4. The summed E-state index contributed by atoms with van der Waals surface area (Å²) >= 11 is 0. The minimum atomic E-state index is -3.90. The van der Waals surface area contributed by atoms with Gasteiger partial charge in [-0.2, -0.15) is 9.97 Å². The summed E-state index contributed by atoms with van der Waals surface area (Å²) in [7, 11) is -3.90. The second kappa shape index (κ2) is 15.3. The Hall–Kier alpha value is -4.77. The smallest absolute Gasteiger partial charge is 0.320 e. The summed E-state index contributed by atoms with van der Waals surface area (Å²) in [6.07, 6.45) is 9.46. The normalized spacial score (nSPS) is 30.2. The lowest BCUT2D eigenvalue weighted by molar-refractivity contribution is -0.142. The van der Waals surface area contributed by atoms with Gasteiger partial charge < -0.3 is 34.6 Å². The Labute approximate surface area is 325 Å². The van der Waals surface area contributed by atoms with E-state index in [2.05, 4.69) is 31.9 Å². The number of aromatic nitrogens is 2. The third-order valence-corrected chi connectivity index (χ3v) is 13.7. The second-order valence-corrected chi connectivity index (χ2v) is 17.7. The van der Waals surface area contributed by atoms with Gasteiger partial charge in [0.1, 0.15) is 23.7 Å². The topological polar surface area (TPSA) is 198 Å². The van der Waals surface area contributed by atoms with Gasteiger partial charge in [0.15, 0.2) is 0 Å². The maximum atomic E-state index is 14.9. The van der Waals surface area contributed by atoms with Gasteiger partial charge in [-0.25, -0.2) is 13.2 Å². The Bertz CT molecular complexity index is 2050. The van der Waals surface area contributed by atoms with E-state index in [-0.39, 0.29) is 49.3 Å². The largest absolute Gasteiger partial charge is 0.472 e. The van der Waals surface area contributed by atoms with E-state index in [9.17, 15) is 27.6 Å². The third kappa shape index (κ3) is 7.66. The number of sulfonamides is 1. The molecule has 8 rings (SSSR count). The molecule has 0 spiro atoms. The first-order valence-corrected chi connectivity index (χ1v) is 21.3. The van der Waals surface area contributed by atoms with Crippen LogP contribution in [0, 0.1) is 11.8 Å². The first-order valence-electron chi connectivity index (χ1n) is 19.7. The van der Waals surface area contributed by atoms with Gasteiger partial charge >= 0.3 is 12.0 Å². The van der Waals surface area contributed by atoms with Gasteiger partial charge in [0.05, 0.1) is 42.0 Å². The van der Waals surface area contributed by atoms with E-state index < -0.39 is 62.6 Å². The summed E-state index contributed by atoms with van der Waals surface area (Å²) in [5, 5.41) is 5.85. The van der Waals surface area contributed by atoms with E-state index in [1.165, 1.54) is 11.0 Å². The molecule has 5 amide bonds. The van der Waals surface area contributed by atoms with Crippen LogP contribution in [0.5, 0.6) is 11.9 Å². The fourth-order valence-corrected chi connectivity index (χ4v) is 9.90. The molecule has 16 nitrogen and oxygen atoms in total. The molecule has 1 aromatic carbocycles. The molecule has 2 aromatic rings. The molecule has 6 atom stereocenters. The van der Waals surface area contributed by atoms with Gasteiger partial charge in [-0.1, -0.05) is 37.1 Å². The fourth-order valence-electron chi connectivity index (χ4n) is 8.54. The quantitative estimate of drug-likeness (QED) is 0.316. The van der Waals surface area contributed by atoms with Crippen molar-refractivity contribution in [3.63, 3.8) is 0 Å². The zero-order valence-electron chi connectivity index (χ0n) is 31.5. The van der Waals surface area contributed by atoms with E-state index in [0.717, 1.165) is 31.2 Å². The van der Waals surface area contributed by atoms with Crippen molar-refractivity contribution in [1.29, 1.82) is 0 Å². The van der Waals surface area contributed by atoms with Crippen molar-refractivity contribution in [3.05, 3.63) is 42.5 Å². The molecule has 6 aliphatic rings. The van der Waals surface area contributed by atoms with E-state index in [0.29, 0.717) is 56.5 Å². The number of urea groups is 1. The lowest BCUT2D eigenvalue weighted by Crippen LogP contribution is -2.59. The van der Waals surface area contributed by atoms with Crippen LogP contribution in [0.3, 0.4) is 0 Å². The SMILES string of the molecule is C=C[C@@H]1C[C@]1(NC(=O)[C@@H]1C[C@@H]2CN1C(=O)[C@H](C1CCCC1)NC(=O)N1CC[C@H](C1)OC/C=C/c1ccc3nc(OCC)nc(c3c1)O2)C(=O)NS(=O)(=O)C1CC1. The Morgan fingerprint density at radius 1 is 1.11 bits per heavy atom. The molecule has 3 saturated carbocycles. The number of carbonyl (C=O) groups is 4. The number of carbonyl (C=O) groups excluding carboxylic acids is 4. The van der Waals surface area contributed by atoms with Crippen LogP contribution in [0.1, 0.15) is 70.3 Å². The molecular weight excluding hydrogens is 743 g/mol. The number of hydrogen-bond acceptors (Lipinski definition) is 11. The van der Waals surface area contributed by atoms with Gasteiger partial charge in [-0.15, -0.1) is 6.58 Å². The van der Waals surface area contributed by atoms with Crippen LogP contribution >= 0.6 is 0 Å². The molecular formula is C39H49N7O9S. The van der Waals surface area contributed by atoms with Gasteiger partial charge in [0.2, 0.25) is 27.7 Å². The number of amides is 5. The Morgan fingerprint density at radius 2 is 1.91 bits per heavy atom. The molecule has 3 aliphatic heterocycles. The number of nitrogens with zero attached hydrogens (tertiary/aromatic N) is 4. The summed E-state index contributed by atoms with van der Waals surface area (Å²) in [4.78, 5) is 69.0. The number of rotatable bonds is 9. The maximum absolute atomic E-state index is 14.9. The van der Waals surface area contributed by atoms with Crippen LogP contribution in [0.4, 0.5) is 4.79 Å². The molecule has 0 unspecified atom stereocenters. The Morgan fingerprint density at radius 3 is 2.64 bits per heavy atom. The number of nitrogens with one attached hydrogen (secondary N) is 3. The van der Waals surface area contributed by atoms with Crippen LogP contribution in [0.25, 0.3) is 17.0 Å². The monoisotopic (exact) mass is 791 g/mol. The van der Waals surface area contributed by atoms with Gasteiger partial charge in [0.25, 0.3) is 5.91 Å². The highest BCUT2D eigenvalue weighted by Crippen LogP contribution is 2.46. The molecule has 300 valence electrons. The number of fused-ring (bicyclic) bond motifs is 5. The average molecular weight is 792 g/mol. The van der Waals surface area contributed by atoms with Crippen LogP contribution < -0.4 is 24.8 Å². The molecule has 1 aromatic heterocycles. The summed E-state index contributed by atoms with van der Waals surface area (Å²) in [5.74, 6) is -2.36. The predicted octanol–water partition coefficient (Wildman–Crippen LogP) is 2.43. The molecule has 4 heterocycles. The lowest BCUT2D eigenvalue weighted by atomic mass is 9.96. The number of benzene rings is 1. The third-order valence-electron chi connectivity index (χ3n) is 11.9. The zero-order chi connectivity index (χ0) is 39.2. The van der Waals surface area contributed by atoms with Crippen LogP contribution in [-0.4, -0.2) is 120 Å². The summed E-state index contributed by atoms with van der Waals surface area (Å²) < 4.78 is 46.1. The lowest BCUT2D eigenvalue weighted by Gasteiger charge is -2.33. The van der Waals surface area contributed by atoms with Crippen molar-refractivity contribution in [3.8, 4) is 11.9 Å². The van der Waals surface area contributed by atoms with Crippen LogP contribution in [0.15, 0.2) is 36.9 Å². The van der Waals surface area contributed by atoms with Crippen molar-refractivity contribution in [2.24, 2.45) is 11.8 Å². The highest BCUT2D eigenvalue weighted by Gasteiger charge is 2.62. The second-order valence-electron chi connectivity index (χ2n) is 15.7. The minimum absolute atomic E-state index is 0.0230. The molecule has 3 aliphatic carbocycles. The number of hydrogen-bond donors (Lipinski definition) is 3. The minimum Gasteiger partial charge on any atom is -0.472 e. The van der Waals surface area contributed by atoms with E-state index in [1.54, 1.807) is 4.90 Å². The highest BCUT2D eigenvalue weighted by molar-refractivity contribution is 7.91. The van der Waals surface area contributed by atoms with Crippen molar-refractivity contribution in [2.45, 2.75) is 99.8 Å². The summed E-state index contributed by atoms with van der Waals surface area (Å²) in [5.41, 5.74) is -0.129. The Balaban J connectivity index is 1.15. The van der Waals surface area contributed by atoms with Gasteiger partial charge in [-0.05, 0) is 69.1 Å². The van der Waals surface area contributed by atoms with Crippen molar-refractivity contribution < 1.29 is 41.8 Å². The van der Waals surface area contributed by atoms with Crippen LogP contribution in [0.2, 0.25) is 0 Å². The van der Waals surface area contributed by atoms with Crippen molar-refractivity contribution in [2.75, 3.05) is 32.8 Å². The van der Waals surface area contributed by atoms with Crippen LogP contribution in [-0.2, 0) is 29.1 Å². The summed E-state index contributed by atoms with van der Waals surface area (Å²) in [6, 6.07) is 3.34. The molecule has 17 heteroatoms. The standard InChI is InChI=1S/C39H49N7O9S/c1-3-25-20-39(25,36(49)44-56(51,52)28-12-13-28)43-33(47)31-19-27-22-46(31)35(48)32(24-9-5-6-10-24)41-38(50)45-16-15-26(21-45)54-17-7-8-23-11-14-30-29(18-23)34(55-27)42-37(40-30)53-4-2/h3,7-8,11,14,18,24-28,31-32H,1,4-6,9-10,12-13,15-17,19-22H2,2H3,(H,41,50)(H,43,47)(H,44,49)/b8-7+/t25-,26-,27-,31+,32+,39-/m1/s1. The molecule has 0 radical (unpaired) electrons. The average Bonchev–Trinajstić information content (AvgIpc) is 3.95. The molecule has 3 N–H and O–H groups in total. The highest BCUT2D eigenvalue weighted by atomic mass is 32.2. The maximum Gasteiger partial charge on any atom is 0.320 e. The van der Waals surface area contributed by atoms with E-state index in [1.807, 2.05) is 37.3 Å². The molecule has 5 fully saturated rings. The zero-order valence-corrected chi connectivity index (χ0v) is 32.3. The molecule has 2 saturated heterocycles. The van der Waals surface area contributed by atoms with E-state index in [4.69, 9.17) is 14.2 Å². The first-order chi connectivity index (χ1) is 27.0. The van der Waals surface area contributed by atoms with Gasteiger partial charge in [0, 0.05) is 25.4 Å². The number of ether oxygens (including phenoxy) is 3. The van der Waals surface area contributed by atoms with Crippen molar-refractivity contribution in [1.82, 2.24) is 35.1 Å². The van der Waals surface area contributed by atoms with Gasteiger partial charge in [-0.3, -0.25) is 19.1 Å². The summed E-state index contributed by atoms with van der Waals surface area (Å²) in [6.45, 7) is 7.11. The molecule has 56 heavy (non-hydrogen) atoms. The molecule has 6 bridgehead atoms. The van der Waals surface area contributed by atoms with Crippen molar-refractivity contribution >= 4 is 50.8 Å². The predicted molar refractivity (Wildman–Crippen MR) is 204 cm³/mol. The van der Waals surface area contributed by atoms with E-state index >= 15 is 0 Å². The fraction of sp³-hybridized carbons (Fsp3) is 0.590.